The summed E-state index contributed by atoms with van der Waals surface area (Å²) in [4.78, 5) is 0. The second-order valence-corrected chi connectivity index (χ2v) is 9.13. The van der Waals surface area contributed by atoms with Crippen LogP contribution in [-0.2, 0) is 10.7 Å². The molecule has 0 spiro atoms. The van der Waals surface area contributed by atoms with Crippen molar-refractivity contribution in [3.05, 3.63) is 94.1 Å². The Labute approximate surface area is 144 Å². The number of halogens is 1. The van der Waals surface area contributed by atoms with Crippen molar-refractivity contribution in [2.45, 2.75) is 6.16 Å². The van der Waals surface area contributed by atoms with Gasteiger partial charge in [-0.3, -0.25) is 0 Å². The Kier molecular flexibility index (Phi) is 4.80. The molecule has 3 aromatic rings. The summed E-state index contributed by atoms with van der Waals surface area (Å²) in [6.45, 7) is 0. The summed E-state index contributed by atoms with van der Waals surface area (Å²) in [5.74, 6) is 0. The zero-order valence-corrected chi connectivity index (χ0v) is 15.1. The van der Waals surface area contributed by atoms with E-state index in [1.54, 1.807) is 0 Å². The molecule has 0 aromatic heterocycles. The standard InChI is InChI=1S/C19H16IOP/c20-18-13-7-8-14-19(18)22(21,17-11-5-2-6-12-17)15-16-9-3-1-4-10-16/h1-14H,15H2/t22-/m0/s1. The molecular weight excluding hydrogens is 402 g/mol. The highest BCUT2D eigenvalue weighted by atomic mass is 127. The van der Waals surface area contributed by atoms with Gasteiger partial charge in [0, 0.05) is 20.3 Å². The Hall–Kier alpha value is -1.38. The minimum atomic E-state index is -2.69. The second kappa shape index (κ2) is 6.80. The monoisotopic (exact) mass is 418 g/mol. The summed E-state index contributed by atoms with van der Waals surface area (Å²) in [6.07, 6.45) is 0.553. The quantitative estimate of drug-likeness (QED) is 0.439. The molecule has 0 bridgehead atoms. The van der Waals surface area contributed by atoms with E-state index in [-0.39, 0.29) is 0 Å². The molecule has 0 aliphatic rings. The predicted octanol–water partition coefficient (Wildman–Crippen LogP) is 4.81. The average Bonchev–Trinajstić information content (AvgIpc) is 2.57. The Morgan fingerprint density at radius 3 is 1.91 bits per heavy atom. The van der Waals surface area contributed by atoms with Crippen molar-refractivity contribution < 1.29 is 4.57 Å². The van der Waals surface area contributed by atoms with Gasteiger partial charge < -0.3 is 4.57 Å². The van der Waals surface area contributed by atoms with Crippen molar-refractivity contribution in [1.82, 2.24) is 0 Å². The van der Waals surface area contributed by atoms with Crippen LogP contribution in [0, 0.1) is 3.57 Å². The first-order valence-corrected chi connectivity index (χ1v) is 10.1. The van der Waals surface area contributed by atoms with Gasteiger partial charge in [0.1, 0.15) is 7.14 Å². The fourth-order valence-corrected chi connectivity index (χ4v) is 6.88. The molecule has 0 saturated heterocycles. The number of hydrogen-bond donors (Lipinski definition) is 0. The summed E-state index contributed by atoms with van der Waals surface area (Å²) < 4.78 is 15.1. The van der Waals surface area contributed by atoms with E-state index in [9.17, 15) is 4.57 Å². The molecule has 22 heavy (non-hydrogen) atoms. The predicted molar refractivity (Wildman–Crippen MR) is 103 cm³/mol. The molecule has 3 rings (SSSR count). The van der Waals surface area contributed by atoms with Crippen molar-refractivity contribution in [3.8, 4) is 0 Å². The molecule has 0 amide bonds. The van der Waals surface area contributed by atoms with Gasteiger partial charge in [0.25, 0.3) is 0 Å². The number of hydrogen-bond acceptors (Lipinski definition) is 1. The third-order valence-electron chi connectivity index (χ3n) is 3.66. The van der Waals surface area contributed by atoms with Crippen molar-refractivity contribution in [1.29, 1.82) is 0 Å². The van der Waals surface area contributed by atoms with Crippen molar-refractivity contribution in [2.75, 3.05) is 0 Å². The van der Waals surface area contributed by atoms with Crippen LogP contribution >= 0.6 is 29.7 Å². The third-order valence-corrected chi connectivity index (χ3v) is 8.14. The van der Waals surface area contributed by atoms with Gasteiger partial charge >= 0.3 is 0 Å². The number of benzene rings is 3. The maximum Gasteiger partial charge on any atom is 0.148 e. The molecule has 1 nitrogen and oxygen atoms in total. The van der Waals surface area contributed by atoms with E-state index in [1.165, 1.54) is 0 Å². The summed E-state index contributed by atoms with van der Waals surface area (Å²) in [5.41, 5.74) is 1.11. The zero-order chi connectivity index (χ0) is 15.4. The smallest absolute Gasteiger partial charge is 0.148 e. The third kappa shape index (κ3) is 3.18. The van der Waals surface area contributed by atoms with Crippen LogP contribution in [0.2, 0.25) is 0 Å². The molecular formula is C19H16IOP. The van der Waals surface area contributed by atoms with Crippen LogP contribution < -0.4 is 10.6 Å². The molecule has 110 valence electrons. The van der Waals surface area contributed by atoms with Crippen LogP contribution in [0.1, 0.15) is 5.56 Å². The van der Waals surface area contributed by atoms with Crippen LogP contribution in [0.3, 0.4) is 0 Å². The van der Waals surface area contributed by atoms with Crippen molar-refractivity contribution in [3.63, 3.8) is 0 Å². The molecule has 3 heteroatoms. The minimum Gasteiger partial charge on any atom is -0.313 e. The minimum absolute atomic E-state index is 0.553. The van der Waals surface area contributed by atoms with E-state index < -0.39 is 7.14 Å². The highest BCUT2D eigenvalue weighted by Gasteiger charge is 2.29. The van der Waals surface area contributed by atoms with Gasteiger partial charge in [0.15, 0.2) is 0 Å². The van der Waals surface area contributed by atoms with Gasteiger partial charge in [0.2, 0.25) is 0 Å². The largest absolute Gasteiger partial charge is 0.313 e. The Balaban J connectivity index is 2.15. The highest BCUT2D eigenvalue weighted by molar-refractivity contribution is 14.1. The normalized spacial score (nSPS) is 13.5. The van der Waals surface area contributed by atoms with Crippen LogP contribution in [0.5, 0.6) is 0 Å². The van der Waals surface area contributed by atoms with E-state index in [0.29, 0.717) is 6.16 Å². The maximum absolute atomic E-state index is 14.0. The lowest BCUT2D eigenvalue weighted by Crippen LogP contribution is -2.19. The Morgan fingerprint density at radius 2 is 1.27 bits per heavy atom. The molecule has 0 aliphatic heterocycles. The molecule has 0 aliphatic carbocycles. The molecule has 0 heterocycles. The first-order valence-electron chi connectivity index (χ1n) is 7.14. The second-order valence-electron chi connectivity index (χ2n) is 5.17. The van der Waals surface area contributed by atoms with E-state index in [2.05, 4.69) is 22.6 Å². The molecule has 1 atom stereocenters. The maximum atomic E-state index is 14.0. The summed E-state index contributed by atoms with van der Waals surface area (Å²) in [6, 6.07) is 27.9. The molecule has 0 saturated carbocycles. The molecule has 0 unspecified atom stereocenters. The summed E-state index contributed by atoms with van der Waals surface area (Å²) >= 11 is 2.28. The first-order chi connectivity index (χ1) is 10.7. The van der Waals surface area contributed by atoms with E-state index >= 15 is 0 Å². The molecule has 0 radical (unpaired) electrons. The van der Waals surface area contributed by atoms with Crippen LogP contribution in [0.4, 0.5) is 0 Å². The molecule has 3 aromatic carbocycles. The van der Waals surface area contributed by atoms with Crippen LogP contribution in [0.15, 0.2) is 84.9 Å². The fraction of sp³-hybridized carbons (Fsp3) is 0.0526. The van der Waals surface area contributed by atoms with Crippen LogP contribution in [0.25, 0.3) is 0 Å². The van der Waals surface area contributed by atoms with Gasteiger partial charge in [-0.25, -0.2) is 0 Å². The summed E-state index contributed by atoms with van der Waals surface area (Å²) in [7, 11) is -2.69. The SMILES string of the molecule is O=[P@@](Cc1ccccc1)(c1ccccc1)c1ccccc1I. The average molecular weight is 418 g/mol. The van der Waals surface area contributed by atoms with Gasteiger partial charge in [-0.15, -0.1) is 0 Å². The summed E-state index contributed by atoms with van der Waals surface area (Å²) in [5, 5.41) is 1.87. The zero-order valence-electron chi connectivity index (χ0n) is 12.0. The first kappa shape index (κ1) is 15.5. The Morgan fingerprint density at radius 1 is 0.727 bits per heavy atom. The lowest BCUT2D eigenvalue weighted by atomic mass is 10.2. The highest BCUT2D eigenvalue weighted by Crippen LogP contribution is 2.47. The van der Waals surface area contributed by atoms with E-state index in [4.69, 9.17) is 0 Å². The van der Waals surface area contributed by atoms with Gasteiger partial charge in [0.05, 0.1) is 0 Å². The van der Waals surface area contributed by atoms with Gasteiger partial charge in [-0.1, -0.05) is 78.9 Å². The molecule has 0 fully saturated rings. The van der Waals surface area contributed by atoms with E-state index in [1.807, 2.05) is 84.9 Å². The Bertz CT molecular complexity index is 800. The van der Waals surface area contributed by atoms with Gasteiger partial charge in [-0.2, -0.15) is 0 Å². The van der Waals surface area contributed by atoms with Crippen LogP contribution in [-0.4, -0.2) is 0 Å². The lowest BCUT2D eigenvalue weighted by Gasteiger charge is -2.20. The van der Waals surface area contributed by atoms with Gasteiger partial charge in [-0.05, 0) is 34.2 Å². The van der Waals surface area contributed by atoms with Crippen molar-refractivity contribution in [2.24, 2.45) is 0 Å². The van der Waals surface area contributed by atoms with Crippen molar-refractivity contribution >= 4 is 40.3 Å². The fourth-order valence-electron chi connectivity index (χ4n) is 2.57. The topological polar surface area (TPSA) is 17.1 Å². The number of rotatable bonds is 4. The lowest BCUT2D eigenvalue weighted by molar-refractivity contribution is 0.586. The molecule has 0 N–H and O–H groups in total. The van der Waals surface area contributed by atoms with E-state index in [0.717, 1.165) is 19.7 Å².